The molecule has 1 aromatic carbocycles. The van der Waals surface area contributed by atoms with Crippen molar-refractivity contribution >= 4 is 50.9 Å². The van der Waals surface area contributed by atoms with Gasteiger partial charge in [-0.15, -0.1) is 0 Å². The molecular formula is C20H18BrNO5S. The van der Waals surface area contributed by atoms with Crippen molar-refractivity contribution in [2.75, 3.05) is 6.54 Å². The number of thioether (sulfide) groups is 1. The second-order valence-electron chi connectivity index (χ2n) is 6.25. The van der Waals surface area contributed by atoms with E-state index >= 15 is 0 Å². The van der Waals surface area contributed by atoms with Crippen LogP contribution in [-0.4, -0.2) is 33.7 Å². The van der Waals surface area contributed by atoms with Crippen LogP contribution in [0.1, 0.15) is 31.4 Å². The second-order valence-corrected chi connectivity index (χ2v) is 8.16. The average Bonchev–Trinajstić information content (AvgIpc) is 3.22. The van der Waals surface area contributed by atoms with Crippen LogP contribution in [0.5, 0.6) is 0 Å². The highest BCUT2D eigenvalue weighted by Crippen LogP contribution is 2.33. The number of furan rings is 1. The SMILES string of the molecule is O=C(O)CCCCCN1C(=O)S/C(=C\c2ccc(-c3ccc(Br)cc3)o2)C1=O. The molecule has 1 fully saturated rings. The zero-order chi connectivity index (χ0) is 20.1. The van der Waals surface area contributed by atoms with Crippen molar-refractivity contribution in [2.24, 2.45) is 0 Å². The average molecular weight is 464 g/mol. The Labute approximate surface area is 174 Å². The first-order valence-corrected chi connectivity index (χ1v) is 10.4. The molecule has 6 nitrogen and oxygen atoms in total. The third-order valence-corrected chi connectivity index (χ3v) is 5.61. The van der Waals surface area contributed by atoms with Gasteiger partial charge in [-0.25, -0.2) is 0 Å². The fourth-order valence-corrected chi connectivity index (χ4v) is 3.85. The maximum Gasteiger partial charge on any atom is 0.303 e. The monoisotopic (exact) mass is 463 g/mol. The van der Waals surface area contributed by atoms with E-state index < -0.39 is 5.97 Å². The van der Waals surface area contributed by atoms with Crippen molar-refractivity contribution < 1.29 is 23.9 Å². The molecule has 1 N–H and O–H groups in total. The molecule has 0 spiro atoms. The molecule has 0 aliphatic carbocycles. The number of rotatable bonds is 8. The van der Waals surface area contributed by atoms with Gasteiger partial charge in [0.25, 0.3) is 11.1 Å². The minimum absolute atomic E-state index is 0.0982. The number of carboxylic acids is 1. The molecule has 2 amide bonds. The molecule has 0 atom stereocenters. The van der Waals surface area contributed by atoms with Crippen molar-refractivity contribution in [3.63, 3.8) is 0 Å². The number of carboxylic acid groups (broad SMARTS) is 1. The van der Waals surface area contributed by atoms with Crippen molar-refractivity contribution in [3.05, 3.63) is 51.5 Å². The van der Waals surface area contributed by atoms with E-state index in [1.165, 1.54) is 4.90 Å². The van der Waals surface area contributed by atoms with Gasteiger partial charge in [0.2, 0.25) is 0 Å². The Balaban J connectivity index is 1.62. The molecule has 0 unspecified atom stereocenters. The standard InChI is InChI=1S/C20H18BrNO5S/c21-14-7-5-13(6-8-14)16-10-9-15(27-16)12-17-19(25)22(20(26)28-17)11-3-1-2-4-18(23)24/h5-10,12H,1-4,11H2,(H,23,24)/b17-12-. The van der Waals surface area contributed by atoms with Crippen LogP contribution in [0.4, 0.5) is 4.79 Å². The van der Waals surface area contributed by atoms with Crippen molar-refractivity contribution in [3.8, 4) is 11.3 Å². The number of amides is 2. The third-order valence-electron chi connectivity index (χ3n) is 4.17. The van der Waals surface area contributed by atoms with Gasteiger partial charge in [-0.2, -0.15) is 0 Å². The van der Waals surface area contributed by atoms with E-state index in [4.69, 9.17) is 9.52 Å². The predicted molar refractivity (Wildman–Crippen MR) is 111 cm³/mol. The lowest BCUT2D eigenvalue weighted by atomic mass is 10.2. The molecular weight excluding hydrogens is 446 g/mol. The lowest BCUT2D eigenvalue weighted by Gasteiger charge is -2.11. The molecule has 1 saturated heterocycles. The van der Waals surface area contributed by atoms with Crippen LogP contribution < -0.4 is 0 Å². The maximum atomic E-state index is 12.5. The summed E-state index contributed by atoms with van der Waals surface area (Å²) in [6.45, 7) is 0.296. The Kier molecular flexibility index (Phi) is 6.74. The Bertz CT molecular complexity index is 919. The lowest BCUT2D eigenvalue weighted by molar-refractivity contribution is -0.137. The molecule has 3 rings (SSSR count). The summed E-state index contributed by atoms with van der Waals surface area (Å²) in [6.07, 6.45) is 3.46. The normalized spacial score (nSPS) is 15.6. The number of hydrogen-bond acceptors (Lipinski definition) is 5. The summed E-state index contributed by atoms with van der Waals surface area (Å²) < 4.78 is 6.76. The second kappa shape index (κ2) is 9.25. The highest BCUT2D eigenvalue weighted by molar-refractivity contribution is 9.10. The molecule has 1 aliphatic rings. The topological polar surface area (TPSA) is 87.8 Å². The number of hydrogen-bond donors (Lipinski definition) is 1. The van der Waals surface area contributed by atoms with E-state index in [1.807, 2.05) is 30.3 Å². The number of nitrogens with zero attached hydrogens (tertiary/aromatic N) is 1. The van der Waals surface area contributed by atoms with Gasteiger partial charge < -0.3 is 9.52 Å². The molecule has 0 radical (unpaired) electrons. The summed E-state index contributed by atoms with van der Waals surface area (Å²) in [5, 5.41) is 8.32. The fraction of sp³-hybridized carbons (Fsp3) is 0.250. The van der Waals surface area contributed by atoms with Crippen LogP contribution in [0.15, 0.2) is 50.2 Å². The number of carbonyl (C=O) groups excluding carboxylic acids is 2. The smallest absolute Gasteiger partial charge is 0.303 e. The molecule has 2 aromatic rings. The van der Waals surface area contributed by atoms with E-state index in [0.717, 1.165) is 21.8 Å². The first-order valence-electron chi connectivity index (χ1n) is 8.77. The van der Waals surface area contributed by atoms with Crippen LogP contribution in [0, 0.1) is 0 Å². The summed E-state index contributed by atoms with van der Waals surface area (Å²) in [5.41, 5.74) is 0.914. The first-order chi connectivity index (χ1) is 13.4. The van der Waals surface area contributed by atoms with Crippen LogP contribution in [-0.2, 0) is 9.59 Å². The zero-order valence-corrected chi connectivity index (χ0v) is 17.3. The summed E-state index contributed by atoms with van der Waals surface area (Å²) >= 11 is 4.28. The summed E-state index contributed by atoms with van der Waals surface area (Å²) in [6, 6.07) is 11.3. The van der Waals surface area contributed by atoms with Gasteiger partial charge >= 0.3 is 5.97 Å². The van der Waals surface area contributed by atoms with E-state index in [-0.39, 0.29) is 17.6 Å². The zero-order valence-electron chi connectivity index (χ0n) is 14.9. The van der Waals surface area contributed by atoms with Gasteiger partial charge in [-0.1, -0.05) is 34.5 Å². The molecule has 8 heteroatoms. The summed E-state index contributed by atoms with van der Waals surface area (Å²) in [4.78, 5) is 36.6. The van der Waals surface area contributed by atoms with Crippen LogP contribution in [0.25, 0.3) is 17.4 Å². The molecule has 0 bridgehead atoms. The van der Waals surface area contributed by atoms with Gasteiger partial charge in [0.05, 0.1) is 4.91 Å². The van der Waals surface area contributed by atoms with Gasteiger partial charge in [-0.05, 0) is 48.9 Å². The van der Waals surface area contributed by atoms with Crippen molar-refractivity contribution in [1.82, 2.24) is 4.90 Å². The Hall–Kier alpha value is -2.32. The fourth-order valence-electron chi connectivity index (χ4n) is 2.74. The summed E-state index contributed by atoms with van der Waals surface area (Å²) in [5.74, 6) is 0.00571. The van der Waals surface area contributed by atoms with Gasteiger partial charge in [0, 0.05) is 29.1 Å². The predicted octanol–water partition coefficient (Wildman–Crippen LogP) is 5.39. The minimum Gasteiger partial charge on any atom is -0.481 e. The van der Waals surface area contributed by atoms with Crippen LogP contribution in [0.2, 0.25) is 0 Å². The maximum absolute atomic E-state index is 12.5. The van der Waals surface area contributed by atoms with E-state index in [1.54, 1.807) is 12.1 Å². The highest BCUT2D eigenvalue weighted by atomic mass is 79.9. The minimum atomic E-state index is -0.838. The first kappa shape index (κ1) is 20.4. The van der Waals surface area contributed by atoms with Gasteiger partial charge in [-0.3, -0.25) is 19.3 Å². The highest BCUT2D eigenvalue weighted by Gasteiger charge is 2.34. The summed E-state index contributed by atoms with van der Waals surface area (Å²) in [7, 11) is 0. The van der Waals surface area contributed by atoms with Gasteiger partial charge in [0.1, 0.15) is 11.5 Å². The van der Waals surface area contributed by atoms with E-state index in [2.05, 4.69) is 15.9 Å². The van der Waals surface area contributed by atoms with Crippen molar-refractivity contribution in [2.45, 2.75) is 25.7 Å². The number of unbranched alkanes of at least 4 members (excludes halogenated alkanes) is 2. The molecule has 28 heavy (non-hydrogen) atoms. The number of aliphatic carboxylic acids is 1. The molecule has 2 heterocycles. The molecule has 1 aliphatic heterocycles. The Morgan fingerprint density at radius 2 is 1.86 bits per heavy atom. The molecule has 1 aromatic heterocycles. The van der Waals surface area contributed by atoms with E-state index in [9.17, 15) is 14.4 Å². The molecule has 0 saturated carbocycles. The van der Waals surface area contributed by atoms with E-state index in [0.29, 0.717) is 42.2 Å². The number of imide groups is 1. The quantitative estimate of drug-likeness (QED) is 0.416. The van der Waals surface area contributed by atoms with Crippen LogP contribution in [0.3, 0.4) is 0 Å². The largest absolute Gasteiger partial charge is 0.481 e. The number of halogens is 1. The number of carbonyl (C=O) groups is 3. The van der Waals surface area contributed by atoms with Gasteiger partial charge in [0.15, 0.2) is 0 Å². The molecule has 146 valence electrons. The van der Waals surface area contributed by atoms with Crippen molar-refractivity contribution in [1.29, 1.82) is 0 Å². The number of benzene rings is 1. The Morgan fingerprint density at radius 1 is 1.11 bits per heavy atom. The van der Waals surface area contributed by atoms with Crippen LogP contribution >= 0.6 is 27.7 Å². The lowest BCUT2D eigenvalue weighted by Crippen LogP contribution is -2.29. The third kappa shape index (κ3) is 5.14. The Morgan fingerprint density at radius 3 is 2.57 bits per heavy atom.